The molecule has 2 atom stereocenters. The smallest absolute Gasteiger partial charge is 0.411 e. The van der Waals surface area contributed by atoms with E-state index in [4.69, 9.17) is 9.15 Å². The normalized spacial score (nSPS) is 16.5. The second kappa shape index (κ2) is 11.7. The fourth-order valence-electron chi connectivity index (χ4n) is 4.57. The Hall–Kier alpha value is -4.85. The van der Waals surface area contributed by atoms with E-state index < -0.39 is 18.2 Å². The van der Waals surface area contributed by atoms with Gasteiger partial charge in [0.1, 0.15) is 5.76 Å². The second-order valence-corrected chi connectivity index (χ2v) is 9.50. The molecule has 0 spiro atoms. The van der Waals surface area contributed by atoms with Gasteiger partial charge in [-0.15, -0.1) is 0 Å². The molecule has 0 radical (unpaired) electrons. The van der Waals surface area contributed by atoms with Crippen LogP contribution in [-0.4, -0.2) is 28.8 Å². The Balaban J connectivity index is 1.37. The Morgan fingerprint density at radius 2 is 1.69 bits per heavy atom. The SMILES string of the molecule is Cc1ccc(CN2C(=O)OC(c3cccc(NC(=O)Cc4ccccc4)c3)C2C(=O)NCc2ccco2)cc1. The number of carbonyl (C=O) groups excluding carboxylic acids is 3. The third kappa shape index (κ3) is 6.35. The molecule has 3 aromatic carbocycles. The topological polar surface area (TPSA) is 101 Å². The number of hydrogen-bond donors (Lipinski definition) is 2. The quantitative estimate of drug-likeness (QED) is 0.316. The molecule has 198 valence electrons. The van der Waals surface area contributed by atoms with Crippen LogP contribution in [0.25, 0.3) is 0 Å². The first-order valence-corrected chi connectivity index (χ1v) is 12.7. The average Bonchev–Trinajstić information content (AvgIpc) is 3.57. The molecule has 0 saturated carbocycles. The van der Waals surface area contributed by atoms with Crippen molar-refractivity contribution in [3.8, 4) is 0 Å². The van der Waals surface area contributed by atoms with Crippen molar-refractivity contribution in [3.63, 3.8) is 0 Å². The highest BCUT2D eigenvalue weighted by molar-refractivity contribution is 5.92. The molecule has 3 amide bonds. The number of anilines is 1. The number of nitrogens with zero attached hydrogens (tertiary/aromatic N) is 1. The van der Waals surface area contributed by atoms with Crippen LogP contribution in [0.3, 0.4) is 0 Å². The zero-order chi connectivity index (χ0) is 27.2. The van der Waals surface area contributed by atoms with Gasteiger partial charge in [-0.25, -0.2) is 4.79 Å². The second-order valence-electron chi connectivity index (χ2n) is 9.50. The summed E-state index contributed by atoms with van der Waals surface area (Å²) in [7, 11) is 0. The number of hydrogen-bond acceptors (Lipinski definition) is 5. The Labute approximate surface area is 226 Å². The van der Waals surface area contributed by atoms with Gasteiger partial charge in [0.15, 0.2) is 12.1 Å². The summed E-state index contributed by atoms with van der Waals surface area (Å²) >= 11 is 0. The number of ether oxygens (including phenoxy) is 1. The largest absolute Gasteiger partial charge is 0.467 e. The first-order chi connectivity index (χ1) is 19.0. The Morgan fingerprint density at radius 1 is 0.897 bits per heavy atom. The molecule has 2 unspecified atom stereocenters. The molecule has 0 bridgehead atoms. The maximum absolute atomic E-state index is 13.5. The molecule has 1 fully saturated rings. The van der Waals surface area contributed by atoms with Gasteiger partial charge in [0.2, 0.25) is 11.8 Å². The lowest BCUT2D eigenvalue weighted by molar-refractivity contribution is -0.126. The highest BCUT2D eigenvalue weighted by Gasteiger charge is 2.47. The van der Waals surface area contributed by atoms with Gasteiger partial charge in [0.05, 0.1) is 25.8 Å². The maximum atomic E-state index is 13.5. The van der Waals surface area contributed by atoms with E-state index in [0.717, 1.165) is 16.7 Å². The zero-order valence-corrected chi connectivity index (χ0v) is 21.5. The summed E-state index contributed by atoms with van der Waals surface area (Å²) in [6.07, 6.45) is 0.308. The van der Waals surface area contributed by atoms with Crippen LogP contribution in [0.4, 0.5) is 10.5 Å². The van der Waals surface area contributed by atoms with Crippen molar-refractivity contribution in [1.82, 2.24) is 10.2 Å². The summed E-state index contributed by atoms with van der Waals surface area (Å²) in [5.41, 5.74) is 4.03. The molecule has 0 aliphatic carbocycles. The molecule has 5 rings (SSSR count). The predicted octanol–water partition coefficient (Wildman–Crippen LogP) is 5.15. The van der Waals surface area contributed by atoms with Crippen LogP contribution in [0.2, 0.25) is 0 Å². The van der Waals surface area contributed by atoms with Gasteiger partial charge in [-0.05, 0) is 47.9 Å². The molecule has 1 aromatic heterocycles. The maximum Gasteiger partial charge on any atom is 0.411 e. The van der Waals surface area contributed by atoms with Crippen molar-refractivity contribution in [2.75, 3.05) is 5.32 Å². The number of carbonyl (C=O) groups is 3. The molecular weight excluding hydrogens is 494 g/mol. The average molecular weight is 524 g/mol. The van der Waals surface area contributed by atoms with Gasteiger partial charge in [-0.3, -0.25) is 14.5 Å². The Kier molecular flexibility index (Phi) is 7.73. The van der Waals surface area contributed by atoms with Crippen LogP contribution >= 0.6 is 0 Å². The zero-order valence-electron chi connectivity index (χ0n) is 21.5. The van der Waals surface area contributed by atoms with Crippen molar-refractivity contribution in [2.45, 2.75) is 38.6 Å². The number of furan rings is 1. The molecule has 8 heteroatoms. The number of aryl methyl sites for hydroxylation is 1. The number of rotatable bonds is 9. The van der Waals surface area contributed by atoms with Crippen LogP contribution in [0.5, 0.6) is 0 Å². The fourth-order valence-corrected chi connectivity index (χ4v) is 4.57. The van der Waals surface area contributed by atoms with E-state index in [1.165, 1.54) is 11.2 Å². The standard InChI is InChI=1S/C31H29N3O5/c1-21-12-14-23(15-13-21)20-34-28(30(36)32-19-26-11-6-16-38-26)29(39-31(34)37)24-9-5-10-25(18-24)33-27(35)17-22-7-3-2-4-8-22/h2-16,18,28-29H,17,19-20H2,1H3,(H,32,36)(H,33,35). The lowest BCUT2D eigenvalue weighted by atomic mass is 10.00. The summed E-state index contributed by atoms with van der Waals surface area (Å²) in [6, 6.07) is 26.9. The van der Waals surface area contributed by atoms with Crippen molar-refractivity contribution in [3.05, 3.63) is 125 Å². The lowest BCUT2D eigenvalue weighted by Gasteiger charge is -2.24. The van der Waals surface area contributed by atoms with E-state index >= 15 is 0 Å². The van der Waals surface area contributed by atoms with Crippen molar-refractivity contribution >= 4 is 23.6 Å². The van der Waals surface area contributed by atoms with Crippen LogP contribution in [0, 0.1) is 6.92 Å². The van der Waals surface area contributed by atoms with Gasteiger partial charge in [0, 0.05) is 5.69 Å². The first-order valence-electron chi connectivity index (χ1n) is 12.7. The molecule has 2 heterocycles. The van der Waals surface area contributed by atoms with E-state index in [-0.39, 0.29) is 31.3 Å². The van der Waals surface area contributed by atoms with Gasteiger partial charge in [0.25, 0.3) is 0 Å². The van der Waals surface area contributed by atoms with E-state index in [9.17, 15) is 14.4 Å². The van der Waals surface area contributed by atoms with Gasteiger partial charge in [-0.1, -0.05) is 72.3 Å². The van der Waals surface area contributed by atoms with Crippen molar-refractivity contribution in [2.24, 2.45) is 0 Å². The summed E-state index contributed by atoms with van der Waals surface area (Å²) in [5, 5.41) is 5.77. The number of cyclic esters (lactones) is 1. The summed E-state index contributed by atoms with van der Waals surface area (Å²) in [6.45, 7) is 2.37. The van der Waals surface area contributed by atoms with E-state index in [1.54, 1.807) is 36.4 Å². The minimum absolute atomic E-state index is 0.171. The predicted molar refractivity (Wildman–Crippen MR) is 146 cm³/mol. The lowest BCUT2D eigenvalue weighted by Crippen LogP contribution is -2.46. The van der Waals surface area contributed by atoms with Crippen molar-refractivity contribution < 1.29 is 23.5 Å². The molecule has 1 aliphatic rings. The monoisotopic (exact) mass is 523 g/mol. The van der Waals surface area contributed by atoms with Gasteiger partial charge in [-0.2, -0.15) is 0 Å². The number of nitrogens with one attached hydrogen (secondary N) is 2. The van der Waals surface area contributed by atoms with E-state index in [2.05, 4.69) is 10.6 Å². The molecular formula is C31H29N3O5. The number of amides is 3. The third-order valence-corrected chi connectivity index (χ3v) is 6.55. The van der Waals surface area contributed by atoms with E-state index in [0.29, 0.717) is 17.0 Å². The number of benzene rings is 3. The molecule has 2 N–H and O–H groups in total. The summed E-state index contributed by atoms with van der Waals surface area (Å²) < 4.78 is 11.1. The third-order valence-electron chi connectivity index (χ3n) is 6.55. The van der Waals surface area contributed by atoms with Crippen LogP contribution < -0.4 is 10.6 Å². The van der Waals surface area contributed by atoms with Crippen LogP contribution in [-0.2, 0) is 33.8 Å². The molecule has 4 aromatic rings. The molecule has 1 saturated heterocycles. The minimum Gasteiger partial charge on any atom is -0.467 e. The summed E-state index contributed by atoms with van der Waals surface area (Å²) in [4.78, 5) is 40.6. The fraction of sp³-hybridized carbons (Fsp3) is 0.194. The Morgan fingerprint density at radius 3 is 2.44 bits per heavy atom. The van der Waals surface area contributed by atoms with Crippen LogP contribution in [0.1, 0.15) is 34.1 Å². The Bertz CT molecular complexity index is 1430. The highest BCUT2D eigenvalue weighted by atomic mass is 16.6. The van der Waals surface area contributed by atoms with Crippen LogP contribution in [0.15, 0.2) is 102 Å². The van der Waals surface area contributed by atoms with E-state index in [1.807, 2.05) is 61.5 Å². The minimum atomic E-state index is -0.927. The van der Waals surface area contributed by atoms with Gasteiger partial charge < -0.3 is 19.8 Å². The summed E-state index contributed by atoms with van der Waals surface area (Å²) in [5.74, 6) is 0.0572. The molecule has 39 heavy (non-hydrogen) atoms. The highest BCUT2D eigenvalue weighted by Crippen LogP contribution is 2.35. The van der Waals surface area contributed by atoms with Crippen molar-refractivity contribution in [1.29, 1.82) is 0 Å². The van der Waals surface area contributed by atoms with Gasteiger partial charge >= 0.3 is 6.09 Å². The first kappa shape index (κ1) is 25.8. The molecule has 8 nitrogen and oxygen atoms in total. The molecule has 1 aliphatic heterocycles.